The van der Waals surface area contributed by atoms with Crippen LogP contribution in [0, 0.1) is 0 Å². The van der Waals surface area contributed by atoms with Gasteiger partial charge in [-0.15, -0.1) is 0 Å². The molecule has 0 radical (unpaired) electrons. The molecule has 28 heavy (non-hydrogen) atoms. The highest BCUT2D eigenvalue weighted by Crippen LogP contribution is 2.19. The minimum absolute atomic E-state index is 0.0923. The summed E-state index contributed by atoms with van der Waals surface area (Å²) in [6.07, 6.45) is 3.26. The molecule has 144 valence electrons. The van der Waals surface area contributed by atoms with Crippen LogP contribution in [0.3, 0.4) is 0 Å². The van der Waals surface area contributed by atoms with E-state index in [1.165, 1.54) is 6.08 Å². The minimum Gasteiger partial charge on any atom is -0.491 e. The lowest BCUT2D eigenvalue weighted by atomic mass is 10.2. The van der Waals surface area contributed by atoms with E-state index in [9.17, 15) is 4.79 Å². The monoisotopic (exact) mass is 397 g/mol. The molecule has 0 bridgehead atoms. The molecule has 1 heterocycles. The first-order valence-electron chi connectivity index (χ1n) is 8.81. The number of halogens is 1. The summed E-state index contributed by atoms with van der Waals surface area (Å²) in [7, 11) is 0. The molecule has 7 heteroatoms. The maximum Gasteiger partial charge on any atom is 0.246 e. The largest absolute Gasteiger partial charge is 0.491 e. The van der Waals surface area contributed by atoms with Gasteiger partial charge in [-0.1, -0.05) is 28.9 Å². The van der Waals surface area contributed by atoms with Crippen LogP contribution in [0.15, 0.2) is 59.1 Å². The number of hydrogen-bond donors (Lipinski definition) is 1. The summed E-state index contributed by atoms with van der Waals surface area (Å²) in [6.45, 7) is 4.07. The zero-order chi connectivity index (χ0) is 19.9. The van der Waals surface area contributed by atoms with Crippen molar-refractivity contribution in [3.63, 3.8) is 0 Å². The van der Waals surface area contributed by atoms with E-state index in [0.717, 1.165) is 16.9 Å². The lowest BCUT2D eigenvalue weighted by Crippen LogP contribution is -2.20. The summed E-state index contributed by atoms with van der Waals surface area (Å²) < 4.78 is 10.8. The van der Waals surface area contributed by atoms with Gasteiger partial charge in [0.2, 0.25) is 17.6 Å². The van der Waals surface area contributed by atoms with Gasteiger partial charge in [-0.2, -0.15) is 4.98 Å². The molecule has 0 unspecified atom stereocenters. The zero-order valence-corrected chi connectivity index (χ0v) is 16.3. The fourth-order valence-corrected chi connectivity index (χ4v) is 2.53. The van der Waals surface area contributed by atoms with Crippen molar-refractivity contribution in [2.24, 2.45) is 0 Å². The van der Waals surface area contributed by atoms with Crippen LogP contribution in [0.1, 0.15) is 25.3 Å². The number of benzene rings is 2. The smallest absolute Gasteiger partial charge is 0.246 e. The molecular formula is C21H20ClN3O3. The van der Waals surface area contributed by atoms with E-state index in [4.69, 9.17) is 20.9 Å². The van der Waals surface area contributed by atoms with E-state index in [0.29, 0.717) is 16.7 Å². The molecule has 1 N–H and O–H groups in total. The molecule has 0 fully saturated rings. The molecule has 1 aromatic heterocycles. The van der Waals surface area contributed by atoms with E-state index in [2.05, 4.69) is 15.5 Å². The van der Waals surface area contributed by atoms with Crippen molar-refractivity contribution in [1.82, 2.24) is 15.5 Å². The Morgan fingerprint density at radius 3 is 2.79 bits per heavy atom. The van der Waals surface area contributed by atoms with E-state index >= 15 is 0 Å². The molecule has 6 nitrogen and oxygen atoms in total. The van der Waals surface area contributed by atoms with Gasteiger partial charge in [0.05, 0.1) is 12.6 Å². The molecule has 3 aromatic rings. The van der Waals surface area contributed by atoms with Crippen molar-refractivity contribution in [3.05, 3.63) is 71.1 Å². The molecule has 2 aromatic carbocycles. The molecule has 1 amide bonds. The van der Waals surface area contributed by atoms with Crippen LogP contribution in [0.2, 0.25) is 5.02 Å². The summed E-state index contributed by atoms with van der Waals surface area (Å²) in [5, 5.41) is 7.26. The SMILES string of the molecule is CC(C)Oc1cccc(/C=C/C(=O)NCc2nc(-c3ccc(Cl)cc3)no2)c1. The van der Waals surface area contributed by atoms with Crippen molar-refractivity contribution in [2.45, 2.75) is 26.5 Å². The Bertz CT molecular complexity index is 965. The fraction of sp³-hybridized carbons (Fsp3) is 0.190. The Morgan fingerprint density at radius 2 is 2.04 bits per heavy atom. The Balaban J connectivity index is 1.54. The first kappa shape index (κ1) is 19.6. The van der Waals surface area contributed by atoms with Crippen LogP contribution >= 0.6 is 11.6 Å². The average Bonchev–Trinajstić information content (AvgIpc) is 3.14. The number of rotatable bonds is 7. The van der Waals surface area contributed by atoms with Gasteiger partial charge in [0.25, 0.3) is 0 Å². The summed E-state index contributed by atoms with van der Waals surface area (Å²) in [5.41, 5.74) is 1.66. The zero-order valence-electron chi connectivity index (χ0n) is 15.6. The Morgan fingerprint density at radius 1 is 1.25 bits per heavy atom. The van der Waals surface area contributed by atoms with Gasteiger partial charge >= 0.3 is 0 Å². The van der Waals surface area contributed by atoms with Crippen LogP contribution < -0.4 is 10.1 Å². The van der Waals surface area contributed by atoms with Gasteiger partial charge < -0.3 is 14.6 Å². The normalized spacial score (nSPS) is 11.1. The third-order valence-electron chi connectivity index (χ3n) is 3.64. The van der Waals surface area contributed by atoms with Gasteiger partial charge in [-0.3, -0.25) is 4.79 Å². The molecule has 0 aliphatic heterocycles. The lowest BCUT2D eigenvalue weighted by molar-refractivity contribution is -0.116. The van der Waals surface area contributed by atoms with Crippen molar-refractivity contribution in [3.8, 4) is 17.1 Å². The Hall–Kier alpha value is -3.12. The van der Waals surface area contributed by atoms with Crippen molar-refractivity contribution in [2.75, 3.05) is 0 Å². The molecule has 0 aliphatic carbocycles. The van der Waals surface area contributed by atoms with Crippen LogP contribution in [-0.4, -0.2) is 22.2 Å². The van der Waals surface area contributed by atoms with Gasteiger partial charge in [0.15, 0.2) is 0 Å². The number of carbonyl (C=O) groups is 1. The molecule has 0 saturated carbocycles. The predicted molar refractivity (Wildman–Crippen MR) is 108 cm³/mol. The van der Waals surface area contributed by atoms with Crippen molar-refractivity contribution in [1.29, 1.82) is 0 Å². The van der Waals surface area contributed by atoms with Gasteiger partial charge in [0, 0.05) is 16.7 Å². The number of nitrogens with one attached hydrogen (secondary N) is 1. The highest BCUT2D eigenvalue weighted by Gasteiger charge is 2.09. The van der Waals surface area contributed by atoms with E-state index < -0.39 is 0 Å². The first-order valence-corrected chi connectivity index (χ1v) is 9.18. The molecule has 0 atom stereocenters. The minimum atomic E-state index is -0.263. The van der Waals surface area contributed by atoms with Crippen LogP contribution in [0.5, 0.6) is 5.75 Å². The van der Waals surface area contributed by atoms with Crippen LogP contribution in [0.25, 0.3) is 17.5 Å². The molecule has 0 aliphatic rings. The second-order valence-corrected chi connectivity index (χ2v) is 6.75. The summed E-state index contributed by atoms with van der Waals surface area (Å²) in [4.78, 5) is 16.3. The summed E-state index contributed by atoms with van der Waals surface area (Å²) in [5.74, 6) is 1.26. The summed E-state index contributed by atoms with van der Waals surface area (Å²) >= 11 is 5.87. The molecule has 0 saturated heterocycles. The third-order valence-corrected chi connectivity index (χ3v) is 3.89. The summed E-state index contributed by atoms with van der Waals surface area (Å²) in [6, 6.07) is 14.6. The first-order chi connectivity index (χ1) is 13.5. The number of amides is 1. The van der Waals surface area contributed by atoms with E-state index in [1.807, 2.05) is 38.1 Å². The average molecular weight is 398 g/mol. The predicted octanol–water partition coefficient (Wildman–Crippen LogP) is 4.51. The molecular weight excluding hydrogens is 378 g/mol. The maximum absolute atomic E-state index is 12.0. The number of nitrogens with zero attached hydrogens (tertiary/aromatic N) is 2. The molecule has 0 spiro atoms. The second kappa shape index (κ2) is 9.19. The van der Waals surface area contributed by atoms with Crippen molar-refractivity contribution >= 4 is 23.6 Å². The highest BCUT2D eigenvalue weighted by atomic mass is 35.5. The number of ether oxygens (including phenoxy) is 1. The van der Waals surface area contributed by atoms with Gasteiger partial charge in [-0.05, 0) is 61.9 Å². The highest BCUT2D eigenvalue weighted by molar-refractivity contribution is 6.30. The quantitative estimate of drug-likeness (QED) is 0.593. The fourth-order valence-electron chi connectivity index (χ4n) is 2.40. The van der Waals surface area contributed by atoms with Crippen molar-refractivity contribution < 1.29 is 14.1 Å². The third kappa shape index (κ3) is 5.69. The standard InChI is InChI=1S/C21H20ClN3O3/c1-14(2)27-18-5-3-4-15(12-18)6-11-19(26)23-13-20-24-21(25-28-20)16-7-9-17(22)10-8-16/h3-12,14H,13H2,1-2H3,(H,23,26)/b11-6+. The van der Waals surface area contributed by atoms with Gasteiger partial charge in [0.1, 0.15) is 5.75 Å². The lowest BCUT2D eigenvalue weighted by Gasteiger charge is -2.09. The Labute approximate surface area is 168 Å². The maximum atomic E-state index is 12.0. The molecule has 3 rings (SSSR count). The van der Waals surface area contributed by atoms with E-state index in [1.54, 1.807) is 30.3 Å². The number of carbonyl (C=O) groups excluding carboxylic acids is 1. The second-order valence-electron chi connectivity index (χ2n) is 6.31. The number of hydrogen-bond acceptors (Lipinski definition) is 5. The topological polar surface area (TPSA) is 77.2 Å². The van der Waals surface area contributed by atoms with Crippen LogP contribution in [-0.2, 0) is 11.3 Å². The van der Waals surface area contributed by atoms with Gasteiger partial charge in [-0.25, -0.2) is 0 Å². The van der Waals surface area contributed by atoms with Crippen LogP contribution in [0.4, 0.5) is 0 Å². The Kier molecular flexibility index (Phi) is 6.45. The number of aromatic nitrogens is 2. The van der Waals surface area contributed by atoms with E-state index in [-0.39, 0.29) is 18.6 Å².